The minimum Gasteiger partial charge on any atom is -0.477 e. The lowest BCUT2D eigenvalue weighted by Crippen LogP contribution is -2.48. The molecule has 5 nitrogen and oxygen atoms in total. The molecule has 2 unspecified atom stereocenters. The van der Waals surface area contributed by atoms with Crippen LogP contribution in [0.15, 0.2) is 12.4 Å². The largest absolute Gasteiger partial charge is 0.477 e. The van der Waals surface area contributed by atoms with E-state index >= 15 is 0 Å². The van der Waals surface area contributed by atoms with Gasteiger partial charge in [-0.1, -0.05) is 12.8 Å². The Labute approximate surface area is 108 Å². The van der Waals surface area contributed by atoms with Crippen LogP contribution in [-0.2, 0) is 0 Å². The SMILES string of the molecule is CCOc1cncc(N(C)C2CCCCC2N)n1. The van der Waals surface area contributed by atoms with E-state index in [0.29, 0.717) is 18.5 Å². The Balaban J connectivity index is 2.11. The molecule has 0 saturated heterocycles. The van der Waals surface area contributed by atoms with Crippen LogP contribution in [0.5, 0.6) is 5.88 Å². The molecular weight excluding hydrogens is 228 g/mol. The molecule has 1 saturated carbocycles. The van der Waals surface area contributed by atoms with E-state index in [1.807, 2.05) is 14.0 Å². The smallest absolute Gasteiger partial charge is 0.234 e. The fraction of sp³-hybridized carbons (Fsp3) is 0.692. The maximum Gasteiger partial charge on any atom is 0.234 e. The summed E-state index contributed by atoms with van der Waals surface area (Å²) in [4.78, 5) is 10.8. The van der Waals surface area contributed by atoms with E-state index in [4.69, 9.17) is 10.5 Å². The van der Waals surface area contributed by atoms with Gasteiger partial charge < -0.3 is 15.4 Å². The number of ether oxygens (including phenoxy) is 1. The summed E-state index contributed by atoms with van der Waals surface area (Å²) < 4.78 is 5.38. The molecule has 100 valence electrons. The average Bonchev–Trinajstić information content (AvgIpc) is 2.39. The van der Waals surface area contributed by atoms with Crippen molar-refractivity contribution in [3.63, 3.8) is 0 Å². The second-order valence-electron chi connectivity index (χ2n) is 4.78. The van der Waals surface area contributed by atoms with Crippen LogP contribution in [-0.4, -0.2) is 35.7 Å². The quantitative estimate of drug-likeness (QED) is 0.879. The molecule has 18 heavy (non-hydrogen) atoms. The van der Waals surface area contributed by atoms with Crippen molar-refractivity contribution in [3.8, 4) is 5.88 Å². The van der Waals surface area contributed by atoms with Gasteiger partial charge in [-0.2, -0.15) is 4.98 Å². The van der Waals surface area contributed by atoms with E-state index in [2.05, 4.69) is 14.9 Å². The van der Waals surface area contributed by atoms with Crippen LogP contribution in [0.25, 0.3) is 0 Å². The molecule has 2 atom stereocenters. The maximum atomic E-state index is 6.19. The van der Waals surface area contributed by atoms with Gasteiger partial charge in [0.05, 0.1) is 19.0 Å². The molecule has 1 aliphatic carbocycles. The number of nitrogens with two attached hydrogens (primary N) is 1. The molecule has 1 aromatic rings. The number of anilines is 1. The molecule has 2 N–H and O–H groups in total. The number of aromatic nitrogens is 2. The third-order valence-corrected chi connectivity index (χ3v) is 3.53. The van der Waals surface area contributed by atoms with Gasteiger partial charge in [0.15, 0.2) is 5.82 Å². The molecule has 0 radical (unpaired) electrons. The third kappa shape index (κ3) is 2.90. The zero-order valence-corrected chi connectivity index (χ0v) is 11.2. The van der Waals surface area contributed by atoms with Crippen molar-refractivity contribution >= 4 is 5.82 Å². The van der Waals surface area contributed by atoms with Crippen LogP contribution < -0.4 is 15.4 Å². The van der Waals surface area contributed by atoms with E-state index in [-0.39, 0.29) is 6.04 Å². The van der Waals surface area contributed by atoms with Crippen LogP contribution in [0.4, 0.5) is 5.82 Å². The Morgan fingerprint density at radius 3 is 2.89 bits per heavy atom. The molecular formula is C13H22N4O. The van der Waals surface area contributed by atoms with Gasteiger partial charge in [-0.05, 0) is 19.8 Å². The Kier molecular flexibility index (Phi) is 4.36. The Bertz CT molecular complexity index is 385. The molecule has 0 spiro atoms. The molecule has 0 amide bonds. The summed E-state index contributed by atoms with van der Waals surface area (Å²) in [5.74, 6) is 1.41. The zero-order chi connectivity index (χ0) is 13.0. The highest BCUT2D eigenvalue weighted by Gasteiger charge is 2.26. The third-order valence-electron chi connectivity index (χ3n) is 3.53. The van der Waals surface area contributed by atoms with Crippen molar-refractivity contribution in [2.75, 3.05) is 18.6 Å². The summed E-state index contributed by atoms with van der Waals surface area (Å²) >= 11 is 0. The van der Waals surface area contributed by atoms with E-state index in [0.717, 1.165) is 18.7 Å². The van der Waals surface area contributed by atoms with Gasteiger partial charge in [0.2, 0.25) is 5.88 Å². The van der Waals surface area contributed by atoms with Gasteiger partial charge in [-0.15, -0.1) is 0 Å². The number of nitrogens with zero attached hydrogens (tertiary/aromatic N) is 3. The van der Waals surface area contributed by atoms with Crippen molar-refractivity contribution in [1.29, 1.82) is 0 Å². The summed E-state index contributed by atoms with van der Waals surface area (Å²) in [5.41, 5.74) is 6.19. The lowest BCUT2D eigenvalue weighted by Gasteiger charge is -2.36. The maximum absolute atomic E-state index is 6.19. The van der Waals surface area contributed by atoms with E-state index in [1.165, 1.54) is 12.8 Å². The van der Waals surface area contributed by atoms with Gasteiger partial charge in [0.1, 0.15) is 0 Å². The molecule has 1 aliphatic rings. The highest BCUT2D eigenvalue weighted by molar-refractivity contribution is 5.38. The highest BCUT2D eigenvalue weighted by Crippen LogP contribution is 2.24. The first-order chi connectivity index (χ1) is 8.72. The highest BCUT2D eigenvalue weighted by atomic mass is 16.5. The standard InChI is InChI=1S/C13H22N4O/c1-3-18-13-9-15-8-12(16-13)17(2)11-7-5-4-6-10(11)14/h8-11H,3-7,14H2,1-2H3. The summed E-state index contributed by atoms with van der Waals surface area (Å²) in [6, 6.07) is 0.575. The van der Waals surface area contributed by atoms with Crippen LogP contribution >= 0.6 is 0 Å². The molecule has 0 aromatic carbocycles. The second-order valence-corrected chi connectivity index (χ2v) is 4.78. The predicted molar refractivity (Wildman–Crippen MR) is 71.8 cm³/mol. The average molecular weight is 250 g/mol. The first-order valence-corrected chi connectivity index (χ1v) is 6.65. The topological polar surface area (TPSA) is 64.3 Å². The number of rotatable bonds is 4. The Morgan fingerprint density at radius 1 is 1.39 bits per heavy atom. The van der Waals surface area contributed by atoms with Crippen molar-refractivity contribution < 1.29 is 4.74 Å². The molecule has 0 bridgehead atoms. The van der Waals surface area contributed by atoms with E-state index in [1.54, 1.807) is 12.4 Å². The van der Waals surface area contributed by atoms with Crippen molar-refractivity contribution in [1.82, 2.24) is 9.97 Å². The van der Waals surface area contributed by atoms with E-state index < -0.39 is 0 Å². The summed E-state index contributed by atoms with van der Waals surface area (Å²) in [6.45, 7) is 2.54. The van der Waals surface area contributed by atoms with E-state index in [9.17, 15) is 0 Å². The fourth-order valence-electron chi connectivity index (χ4n) is 2.52. The molecule has 1 aromatic heterocycles. The zero-order valence-electron chi connectivity index (χ0n) is 11.2. The lowest BCUT2D eigenvalue weighted by atomic mass is 9.90. The van der Waals surface area contributed by atoms with Gasteiger partial charge in [-0.3, -0.25) is 4.98 Å². The van der Waals surface area contributed by atoms with Gasteiger partial charge in [0.25, 0.3) is 0 Å². The fourth-order valence-corrected chi connectivity index (χ4v) is 2.52. The molecule has 1 heterocycles. The molecule has 1 fully saturated rings. The van der Waals surface area contributed by atoms with Crippen LogP contribution in [0.1, 0.15) is 32.6 Å². The van der Waals surface area contributed by atoms with Crippen molar-refractivity contribution in [2.45, 2.75) is 44.7 Å². The second kappa shape index (κ2) is 6.00. The van der Waals surface area contributed by atoms with Gasteiger partial charge >= 0.3 is 0 Å². The minimum atomic E-state index is 0.223. The van der Waals surface area contributed by atoms with Gasteiger partial charge in [0, 0.05) is 19.1 Å². The van der Waals surface area contributed by atoms with Gasteiger partial charge in [-0.25, -0.2) is 0 Å². The molecule has 0 aliphatic heterocycles. The number of hydrogen-bond donors (Lipinski definition) is 1. The molecule has 2 rings (SSSR count). The number of hydrogen-bond acceptors (Lipinski definition) is 5. The minimum absolute atomic E-state index is 0.223. The van der Waals surface area contributed by atoms with Crippen LogP contribution in [0.2, 0.25) is 0 Å². The lowest BCUT2D eigenvalue weighted by molar-refractivity contribution is 0.324. The summed E-state index contributed by atoms with van der Waals surface area (Å²) in [5, 5.41) is 0. The monoisotopic (exact) mass is 250 g/mol. The normalized spacial score (nSPS) is 23.7. The Morgan fingerprint density at radius 2 is 2.17 bits per heavy atom. The number of likely N-dealkylation sites (N-methyl/N-ethyl adjacent to an activating group) is 1. The van der Waals surface area contributed by atoms with Crippen LogP contribution in [0.3, 0.4) is 0 Å². The van der Waals surface area contributed by atoms with Crippen molar-refractivity contribution in [2.24, 2.45) is 5.73 Å². The van der Waals surface area contributed by atoms with Crippen molar-refractivity contribution in [3.05, 3.63) is 12.4 Å². The first kappa shape index (κ1) is 13.1. The Hall–Kier alpha value is -1.36. The summed E-state index contributed by atoms with van der Waals surface area (Å²) in [6.07, 6.45) is 8.09. The molecule has 5 heteroatoms. The summed E-state index contributed by atoms with van der Waals surface area (Å²) in [7, 11) is 2.04. The predicted octanol–water partition coefficient (Wildman–Crippen LogP) is 1.58. The van der Waals surface area contributed by atoms with Crippen LogP contribution in [0, 0.1) is 0 Å². The first-order valence-electron chi connectivity index (χ1n) is 6.65.